The summed E-state index contributed by atoms with van der Waals surface area (Å²) in [5, 5.41) is 23.7. The molecule has 0 bridgehead atoms. The molecular formula is C56H93NO5. The van der Waals surface area contributed by atoms with Crippen molar-refractivity contribution in [2.45, 2.75) is 225 Å². The van der Waals surface area contributed by atoms with E-state index in [1.807, 2.05) is 30.4 Å². The standard InChI is InChI=1S/C56H93NO5/c1-4-7-10-13-16-19-22-24-25-26-27-28-29-31-34-37-40-43-46-49-56(61)62-52(47-44-41-38-35-33-30-23-20-17-14-11-8-5-2)50-55(60)57-53(51-58)54(59)48-45-42-39-36-32-21-18-15-12-9-6-3/h7-8,10-11,14,16-17,19-20,23-25,27-28,30-31,33-34,52-54,58-59H,4-6,9,12-13,15,18,21-22,26,29,32,35-51H2,1-3H3,(H,57,60)/b10-7-,11-8+,17-14+,19-16-,23-20+,25-24-,28-27-,33-30-,34-31-. The quantitative estimate of drug-likeness (QED) is 0.0246. The summed E-state index contributed by atoms with van der Waals surface area (Å²) in [6, 6.07) is -0.728. The van der Waals surface area contributed by atoms with Gasteiger partial charge in [0, 0.05) is 6.42 Å². The molecule has 62 heavy (non-hydrogen) atoms. The average molecular weight is 860 g/mol. The van der Waals surface area contributed by atoms with Crippen LogP contribution in [0.5, 0.6) is 0 Å². The number of rotatable bonds is 43. The average Bonchev–Trinajstić information content (AvgIpc) is 3.26. The number of ether oxygens (including phenoxy) is 1. The fourth-order valence-electron chi connectivity index (χ4n) is 6.94. The molecule has 0 aromatic heterocycles. The zero-order valence-electron chi connectivity index (χ0n) is 40.0. The summed E-state index contributed by atoms with van der Waals surface area (Å²) >= 11 is 0. The highest BCUT2D eigenvalue weighted by Gasteiger charge is 2.24. The highest BCUT2D eigenvalue weighted by Crippen LogP contribution is 2.17. The Labute approximate surface area is 381 Å². The molecule has 0 aromatic carbocycles. The summed E-state index contributed by atoms with van der Waals surface area (Å²) in [5.74, 6) is -0.562. The summed E-state index contributed by atoms with van der Waals surface area (Å²) in [5.41, 5.74) is 0. The summed E-state index contributed by atoms with van der Waals surface area (Å²) in [6.07, 6.45) is 65.7. The minimum absolute atomic E-state index is 0.0309. The van der Waals surface area contributed by atoms with E-state index in [1.54, 1.807) is 0 Å². The van der Waals surface area contributed by atoms with E-state index in [-0.39, 0.29) is 24.9 Å². The van der Waals surface area contributed by atoms with Gasteiger partial charge in [0.1, 0.15) is 6.10 Å². The Kier molecular flexibility index (Phi) is 45.8. The van der Waals surface area contributed by atoms with E-state index in [2.05, 4.69) is 105 Å². The van der Waals surface area contributed by atoms with Crippen molar-refractivity contribution in [1.29, 1.82) is 0 Å². The lowest BCUT2D eigenvalue weighted by Crippen LogP contribution is -2.46. The fraction of sp³-hybridized carbons (Fsp3) is 0.643. The molecular weight excluding hydrogens is 767 g/mol. The van der Waals surface area contributed by atoms with Gasteiger partial charge in [-0.1, -0.05) is 214 Å². The Morgan fingerprint density at radius 3 is 1.52 bits per heavy atom. The largest absolute Gasteiger partial charge is 0.462 e. The second-order valence-corrected chi connectivity index (χ2v) is 16.5. The lowest BCUT2D eigenvalue weighted by atomic mass is 10.0. The molecule has 0 aliphatic rings. The van der Waals surface area contributed by atoms with Gasteiger partial charge in [0.2, 0.25) is 5.91 Å². The van der Waals surface area contributed by atoms with Crippen LogP contribution >= 0.6 is 0 Å². The number of aliphatic hydroxyl groups is 2. The van der Waals surface area contributed by atoms with E-state index in [9.17, 15) is 19.8 Å². The molecule has 0 aromatic rings. The zero-order chi connectivity index (χ0) is 45.2. The molecule has 352 valence electrons. The summed E-state index contributed by atoms with van der Waals surface area (Å²) in [4.78, 5) is 26.1. The van der Waals surface area contributed by atoms with Crippen molar-refractivity contribution in [2.75, 3.05) is 6.61 Å². The maximum Gasteiger partial charge on any atom is 0.306 e. The third kappa shape index (κ3) is 43.2. The van der Waals surface area contributed by atoms with Crippen molar-refractivity contribution in [3.63, 3.8) is 0 Å². The van der Waals surface area contributed by atoms with Gasteiger partial charge in [-0.3, -0.25) is 9.59 Å². The number of unbranched alkanes of at least 4 members (excludes halogenated alkanes) is 16. The van der Waals surface area contributed by atoms with E-state index >= 15 is 0 Å². The summed E-state index contributed by atoms with van der Waals surface area (Å²) < 4.78 is 5.89. The molecule has 0 radical (unpaired) electrons. The van der Waals surface area contributed by atoms with E-state index < -0.39 is 18.2 Å². The molecule has 0 saturated heterocycles. The second kappa shape index (κ2) is 48.6. The SMILES string of the molecule is CC/C=C\C/C=C\C/C=C\C/C=C\C/C=C\CCCCCC(=O)OC(CCCCC\C=C/C=C/C=C/C=C/CC)CC(=O)NC(CO)C(O)CCCCCCCCCCCCC. The predicted molar refractivity (Wildman–Crippen MR) is 268 cm³/mol. The molecule has 0 aliphatic carbocycles. The van der Waals surface area contributed by atoms with Crippen LogP contribution in [0, 0.1) is 0 Å². The zero-order valence-corrected chi connectivity index (χ0v) is 40.0. The first-order valence-corrected chi connectivity index (χ1v) is 25.2. The van der Waals surface area contributed by atoms with Gasteiger partial charge in [-0.05, 0) is 89.9 Å². The number of amides is 1. The predicted octanol–water partition coefficient (Wildman–Crippen LogP) is 15.1. The Morgan fingerprint density at radius 2 is 0.952 bits per heavy atom. The lowest BCUT2D eigenvalue weighted by Gasteiger charge is -2.24. The fourth-order valence-corrected chi connectivity index (χ4v) is 6.94. The number of aliphatic hydroxyl groups excluding tert-OH is 2. The minimum Gasteiger partial charge on any atom is -0.462 e. The molecule has 6 nitrogen and oxygen atoms in total. The van der Waals surface area contributed by atoms with Gasteiger partial charge in [0.15, 0.2) is 0 Å². The van der Waals surface area contributed by atoms with Crippen LogP contribution in [0.2, 0.25) is 0 Å². The van der Waals surface area contributed by atoms with Crippen LogP contribution in [0.4, 0.5) is 0 Å². The van der Waals surface area contributed by atoms with E-state index in [0.29, 0.717) is 19.3 Å². The molecule has 0 fully saturated rings. The minimum atomic E-state index is -0.810. The molecule has 3 N–H and O–H groups in total. The molecule has 0 aliphatic heterocycles. The van der Waals surface area contributed by atoms with Gasteiger partial charge < -0.3 is 20.3 Å². The van der Waals surface area contributed by atoms with Gasteiger partial charge in [0.25, 0.3) is 0 Å². The van der Waals surface area contributed by atoms with Crippen molar-refractivity contribution in [2.24, 2.45) is 0 Å². The highest BCUT2D eigenvalue weighted by molar-refractivity contribution is 5.77. The first-order chi connectivity index (χ1) is 30.5. The van der Waals surface area contributed by atoms with Gasteiger partial charge in [-0.2, -0.15) is 0 Å². The smallest absolute Gasteiger partial charge is 0.306 e. The van der Waals surface area contributed by atoms with Gasteiger partial charge in [0.05, 0.1) is 25.2 Å². The Balaban J connectivity index is 4.71. The van der Waals surface area contributed by atoms with Crippen LogP contribution in [0.1, 0.15) is 207 Å². The first kappa shape index (κ1) is 58.5. The van der Waals surface area contributed by atoms with Crippen LogP contribution in [0.15, 0.2) is 109 Å². The number of hydrogen-bond acceptors (Lipinski definition) is 5. The van der Waals surface area contributed by atoms with Gasteiger partial charge in [-0.15, -0.1) is 0 Å². The number of hydrogen-bond donors (Lipinski definition) is 3. The second-order valence-electron chi connectivity index (χ2n) is 16.5. The third-order valence-corrected chi connectivity index (χ3v) is 10.7. The Bertz CT molecular complexity index is 1280. The maximum atomic E-state index is 13.2. The summed E-state index contributed by atoms with van der Waals surface area (Å²) in [6.45, 7) is 6.19. The van der Waals surface area contributed by atoms with Gasteiger partial charge >= 0.3 is 5.97 Å². The Morgan fingerprint density at radius 1 is 0.500 bits per heavy atom. The highest BCUT2D eigenvalue weighted by atomic mass is 16.5. The van der Waals surface area contributed by atoms with Crippen LogP contribution in [0.3, 0.4) is 0 Å². The molecule has 0 saturated carbocycles. The normalized spacial score (nSPS) is 14.2. The molecule has 0 rings (SSSR count). The van der Waals surface area contributed by atoms with E-state index in [4.69, 9.17) is 4.74 Å². The van der Waals surface area contributed by atoms with E-state index in [1.165, 1.54) is 51.4 Å². The number of nitrogens with one attached hydrogen (secondary N) is 1. The van der Waals surface area contributed by atoms with Crippen LogP contribution < -0.4 is 5.32 Å². The van der Waals surface area contributed by atoms with Crippen molar-refractivity contribution >= 4 is 11.9 Å². The van der Waals surface area contributed by atoms with Crippen LogP contribution in [-0.4, -0.2) is 46.9 Å². The van der Waals surface area contributed by atoms with Gasteiger partial charge in [-0.25, -0.2) is 0 Å². The number of esters is 1. The monoisotopic (exact) mass is 860 g/mol. The van der Waals surface area contributed by atoms with Crippen molar-refractivity contribution in [1.82, 2.24) is 5.32 Å². The molecule has 3 unspecified atom stereocenters. The first-order valence-electron chi connectivity index (χ1n) is 25.2. The number of allylic oxidation sites excluding steroid dienone is 18. The third-order valence-electron chi connectivity index (χ3n) is 10.7. The van der Waals surface area contributed by atoms with Crippen LogP contribution in [-0.2, 0) is 14.3 Å². The number of carbonyl (C=O) groups is 2. The van der Waals surface area contributed by atoms with Crippen molar-refractivity contribution in [3.8, 4) is 0 Å². The molecule has 6 heteroatoms. The van der Waals surface area contributed by atoms with E-state index in [0.717, 1.165) is 109 Å². The van der Waals surface area contributed by atoms with Crippen LogP contribution in [0.25, 0.3) is 0 Å². The summed E-state index contributed by atoms with van der Waals surface area (Å²) in [7, 11) is 0. The molecule has 3 atom stereocenters. The topological polar surface area (TPSA) is 95.9 Å². The van der Waals surface area contributed by atoms with Crippen molar-refractivity contribution in [3.05, 3.63) is 109 Å². The maximum absolute atomic E-state index is 13.2. The molecule has 0 heterocycles. The van der Waals surface area contributed by atoms with Crippen molar-refractivity contribution < 1.29 is 24.5 Å². The molecule has 1 amide bonds. The molecule has 0 spiro atoms. The lowest BCUT2D eigenvalue weighted by molar-refractivity contribution is -0.151. The Hall–Kier alpha value is -3.48. The number of carbonyl (C=O) groups excluding carboxylic acids is 2.